The van der Waals surface area contributed by atoms with E-state index in [1.54, 1.807) is 32.5 Å². The first-order chi connectivity index (χ1) is 14.4. The van der Waals surface area contributed by atoms with Crippen molar-refractivity contribution in [3.63, 3.8) is 0 Å². The lowest BCUT2D eigenvalue weighted by molar-refractivity contribution is -0.136. The van der Waals surface area contributed by atoms with Crippen LogP contribution in [0.15, 0.2) is 41.7 Å². The summed E-state index contributed by atoms with van der Waals surface area (Å²) >= 11 is 0. The van der Waals surface area contributed by atoms with Gasteiger partial charge in [0.1, 0.15) is 18.1 Å². The topological polar surface area (TPSA) is 90.0 Å². The second-order valence-corrected chi connectivity index (χ2v) is 7.22. The van der Waals surface area contributed by atoms with Crippen LogP contribution in [0.25, 0.3) is 0 Å². The molecule has 30 heavy (non-hydrogen) atoms. The van der Waals surface area contributed by atoms with Gasteiger partial charge in [-0.2, -0.15) is 0 Å². The van der Waals surface area contributed by atoms with Crippen LogP contribution in [0.4, 0.5) is 4.79 Å². The van der Waals surface area contributed by atoms with Crippen LogP contribution >= 0.6 is 0 Å². The van der Waals surface area contributed by atoms with Crippen LogP contribution in [-0.2, 0) is 16.1 Å². The monoisotopic (exact) mass is 409 g/mol. The van der Waals surface area contributed by atoms with Crippen molar-refractivity contribution in [1.82, 2.24) is 15.2 Å². The molecule has 0 spiro atoms. The van der Waals surface area contributed by atoms with Crippen LogP contribution in [0, 0.1) is 13.8 Å². The van der Waals surface area contributed by atoms with Crippen molar-refractivity contribution in [2.24, 2.45) is 0 Å². The second-order valence-electron chi connectivity index (χ2n) is 7.22. The number of hydrogen-bond donors (Lipinski definition) is 1. The van der Waals surface area contributed by atoms with Crippen LogP contribution < -0.4 is 14.8 Å². The number of cyclic esters (lactones) is 1. The van der Waals surface area contributed by atoms with Crippen LogP contribution in [0.3, 0.4) is 0 Å². The van der Waals surface area contributed by atoms with Crippen LogP contribution in [0.1, 0.15) is 28.4 Å². The fraction of sp³-hybridized carbons (Fsp3) is 0.318. The molecule has 0 unspecified atom stereocenters. The number of carbonyl (C=O) groups is 2. The number of amides is 2. The number of aryl methyl sites for hydroxylation is 1. The maximum Gasteiger partial charge on any atom is 0.338 e. The molecule has 0 fully saturated rings. The second kappa shape index (κ2) is 7.70. The minimum Gasteiger partial charge on any atom is -0.497 e. The molecule has 1 aromatic heterocycles. The van der Waals surface area contributed by atoms with Gasteiger partial charge in [0, 0.05) is 17.3 Å². The zero-order valence-corrected chi connectivity index (χ0v) is 17.3. The van der Waals surface area contributed by atoms with Crippen molar-refractivity contribution >= 4 is 12.0 Å². The van der Waals surface area contributed by atoms with Gasteiger partial charge in [-0.1, -0.05) is 12.1 Å². The van der Waals surface area contributed by atoms with Gasteiger partial charge in [0.15, 0.2) is 0 Å². The lowest BCUT2D eigenvalue weighted by atomic mass is 9.95. The van der Waals surface area contributed by atoms with Gasteiger partial charge in [0.2, 0.25) is 0 Å². The molecule has 8 heteroatoms. The number of benzene rings is 1. The Bertz CT molecular complexity index is 1050. The van der Waals surface area contributed by atoms with E-state index in [0.717, 1.165) is 22.4 Å². The molecule has 3 heterocycles. The van der Waals surface area contributed by atoms with Gasteiger partial charge in [-0.25, -0.2) is 9.59 Å². The minimum atomic E-state index is -0.578. The number of aromatic nitrogens is 1. The van der Waals surface area contributed by atoms with E-state index < -0.39 is 12.0 Å². The zero-order valence-electron chi connectivity index (χ0n) is 17.3. The van der Waals surface area contributed by atoms with Gasteiger partial charge in [-0.3, -0.25) is 9.88 Å². The molecule has 1 N–H and O–H groups in total. The predicted octanol–water partition coefficient (Wildman–Crippen LogP) is 2.79. The number of esters is 1. The molecule has 2 amide bonds. The van der Waals surface area contributed by atoms with Gasteiger partial charge in [-0.15, -0.1) is 0 Å². The Hall–Kier alpha value is -3.55. The zero-order chi connectivity index (χ0) is 21.4. The van der Waals surface area contributed by atoms with Crippen molar-refractivity contribution in [1.29, 1.82) is 0 Å². The maximum atomic E-state index is 13.0. The molecular weight excluding hydrogens is 386 g/mol. The van der Waals surface area contributed by atoms with Crippen molar-refractivity contribution in [2.75, 3.05) is 20.8 Å². The summed E-state index contributed by atoms with van der Waals surface area (Å²) in [5, 5.41) is 2.93. The summed E-state index contributed by atoms with van der Waals surface area (Å²) < 4.78 is 16.0. The molecule has 0 saturated heterocycles. The number of hydrogen-bond acceptors (Lipinski definition) is 6. The third-order valence-electron chi connectivity index (χ3n) is 5.51. The van der Waals surface area contributed by atoms with E-state index in [1.807, 2.05) is 26.0 Å². The summed E-state index contributed by atoms with van der Waals surface area (Å²) in [7, 11) is 3.19. The van der Waals surface area contributed by atoms with E-state index in [0.29, 0.717) is 22.7 Å². The van der Waals surface area contributed by atoms with Crippen molar-refractivity contribution in [2.45, 2.75) is 26.4 Å². The molecule has 1 aromatic carbocycles. The molecule has 0 radical (unpaired) electrons. The quantitative estimate of drug-likeness (QED) is 0.764. The number of rotatable bonds is 5. The first-order valence-electron chi connectivity index (χ1n) is 9.55. The number of nitrogens with one attached hydrogen (secondary N) is 1. The Kier molecular flexibility index (Phi) is 5.07. The molecule has 0 saturated carbocycles. The lowest BCUT2D eigenvalue weighted by Crippen LogP contribution is -2.47. The van der Waals surface area contributed by atoms with Crippen molar-refractivity contribution in [3.05, 3.63) is 64.1 Å². The highest BCUT2D eigenvalue weighted by molar-refractivity contribution is 5.97. The molecule has 8 nitrogen and oxygen atoms in total. The minimum absolute atomic E-state index is 0.0519. The molecule has 4 rings (SSSR count). The number of carbonyl (C=O) groups excluding carboxylic acids is 2. The van der Waals surface area contributed by atoms with Gasteiger partial charge < -0.3 is 19.5 Å². The summed E-state index contributed by atoms with van der Waals surface area (Å²) in [4.78, 5) is 31.5. The van der Waals surface area contributed by atoms with Gasteiger partial charge >= 0.3 is 12.0 Å². The Morgan fingerprint density at radius 1 is 1.17 bits per heavy atom. The highest BCUT2D eigenvalue weighted by Gasteiger charge is 2.42. The van der Waals surface area contributed by atoms with E-state index in [-0.39, 0.29) is 19.2 Å². The lowest BCUT2D eigenvalue weighted by Gasteiger charge is -2.33. The molecule has 156 valence electrons. The Labute approximate surface area is 174 Å². The van der Waals surface area contributed by atoms with E-state index in [1.165, 1.54) is 4.90 Å². The normalized spacial score (nSPS) is 18.1. The SMILES string of the molecule is COc1ccc([C@@H]2NC(=O)N(Cc3ncc(C)c(OC)c3C)C3=C2C(=O)OC3)cc1. The van der Waals surface area contributed by atoms with Crippen molar-refractivity contribution < 1.29 is 23.8 Å². The number of nitrogens with zero attached hydrogens (tertiary/aromatic N) is 2. The molecule has 2 aliphatic heterocycles. The summed E-state index contributed by atoms with van der Waals surface area (Å²) in [5.41, 5.74) is 4.25. The summed E-state index contributed by atoms with van der Waals surface area (Å²) in [5.74, 6) is 1.00. The first-order valence-corrected chi connectivity index (χ1v) is 9.55. The number of pyridine rings is 1. The smallest absolute Gasteiger partial charge is 0.338 e. The molecule has 0 aliphatic carbocycles. The Morgan fingerprint density at radius 3 is 2.57 bits per heavy atom. The van der Waals surface area contributed by atoms with Gasteiger partial charge in [0.05, 0.1) is 43.8 Å². The number of methoxy groups -OCH3 is 2. The van der Waals surface area contributed by atoms with Gasteiger partial charge in [-0.05, 0) is 31.5 Å². The highest BCUT2D eigenvalue weighted by Crippen LogP contribution is 2.36. The van der Waals surface area contributed by atoms with E-state index in [9.17, 15) is 9.59 Å². The Morgan fingerprint density at radius 2 is 1.90 bits per heavy atom. The van der Waals surface area contributed by atoms with E-state index in [2.05, 4.69) is 10.3 Å². The molecule has 2 aliphatic rings. The average molecular weight is 409 g/mol. The van der Waals surface area contributed by atoms with Crippen molar-refractivity contribution in [3.8, 4) is 11.5 Å². The van der Waals surface area contributed by atoms with Crippen LogP contribution in [0.5, 0.6) is 11.5 Å². The van der Waals surface area contributed by atoms with Crippen LogP contribution in [0.2, 0.25) is 0 Å². The maximum absolute atomic E-state index is 13.0. The first kappa shape index (κ1) is 19.8. The highest BCUT2D eigenvalue weighted by atomic mass is 16.5. The average Bonchev–Trinajstić information content (AvgIpc) is 3.13. The molecular formula is C22H23N3O5. The van der Waals surface area contributed by atoms with Gasteiger partial charge in [0.25, 0.3) is 0 Å². The fourth-order valence-electron chi connectivity index (χ4n) is 3.90. The molecule has 1 atom stereocenters. The summed E-state index contributed by atoms with van der Waals surface area (Å²) in [6.07, 6.45) is 1.72. The Balaban J connectivity index is 1.71. The van der Waals surface area contributed by atoms with Crippen LogP contribution in [-0.4, -0.2) is 42.7 Å². The largest absolute Gasteiger partial charge is 0.497 e. The fourth-order valence-corrected chi connectivity index (χ4v) is 3.90. The van der Waals surface area contributed by atoms with E-state index >= 15 is 0 Å². The van der Waals surface area contributed by atoms with E-state index in [4.69, 9.17) is 14.2 Å². The summed E-state index contributed by atoms with van der Waals surface area (Å²) in [6.45, 7) is 4.08. The molecule has 2 aromatic rings. The predicted molar refractivity (Wildman–Crippen MR) is 108 cm³/mol. The standard InChI is InChI=1S/C22H23N3O5/c1-12-9-23-16(13(2)20(12)29-4)10-25-17-11-30-21(26)18(17)19(24-22(25)27)14-5-7-15(28-3)8-6-14/h5-9,19H,10-11H2,1-4H3,(H,24,27)/t19-/m0/s1. The molecule has 0 bridgehead atoms. The third-order valence-corrected chi connectivity index (χ3v) is 5.51. The number of urea groups is 1. The summed E-state index contributed by atoms with van der Waals surface area (Å²) in [6, 6.07) is 6.35. The third kappa shape index (κ3) is 3.24. The number of ether oxygens (including phenoxy) is 3.